The van der Waals surface area contributed by atoms with Crippen LogP contribution in [-0.4, -0.2) is 18.1 Å². The lowest BCUT2D eigenvalue weighted by Gasteiger charge is -2.10. The number of aryl methyl sites for hydroxylation is 1. The summed E-state index contributed by atoms with van der Waals surface area (Å²) in [4.78, 5) is 0. The Morgan fingerprint density at radius 1 is 1.50 bits per heavy atom. The number of hydrogen-bond acceptors (Lipinski definition) is 3. The highest BCUT2D eigenvalue weighted by Crippen LogP contribution is 2.19. The molecule has 0 aliphatic rings. The first-order valence-electron chi connectivity index (χ1n) is 5.04. The minimum absolute atomic E-state index is 0.696. The maximum atomic E-state index is 8.96. The van der Waals surface area contributed by atoms with Crippen LogP contribution >= 0.6 is 11.8 Å². The summed E-state index contributed by atoms with van der Waals surface area (Å²) in [5.41, 5.74) is 2.73. The molecule has 1 rings (SSSR count). The fraction of sp³-hybridized carbons (Fsp3) is 0.308. The molecule has 0 aliphatic heterocycles. The Labute approximate surface area is 101 Å². The Morgan fingerprint density at radius 3 is 3.00 bits per heavy atom. The van der Waals surface area contributed by atoms with E-state index in [0.717, 1.165) is 29.3 Å². The van der Waals surface area contributed by atoms with Crippen LogP contribution in [0.4, 0.5) is 5.69 Å². The first kappa shape index (κ1) is 12.5. The third-order valence-electron chi connectivity index (χ3n) is 2.13. The van der Waals surface area contributed by atoms with Crippen molar-refractivity contribution in [1.82, 2.24) is 0 Å². The van der Waals surface area contributed by atoms with Crippen LogP contribution in [0.2, 0.25) is 0 Å². The lowest BCUT2D eigenvalue weighted by atomic mass is 10.1. The van der Waals surface area contributed by atoms with Crippen molar-refractivity contribution in [1.29, 1.82) is 5.26 Å². The molecule has 0 spiro atoms. The van der Waals surface area contributed by atoms with E-state index in [4.69, 9.17) is 11.7 Å². The standard InChI is InChI=1S/C13H14N2S/c1-3-8-16-9-7-15-13-11(2)5-4-6-12(13)10-14/h1,4-6,15H,7-9H2,2H3. The topological polar surface area (TPSA) is 35.8 Å². The van der Waals surface area contributed by atoms with E-state index in [1.54, 1.807) is 11.8 Å². The average Bonchev–Trinajstić information content (AvgIpc) is 2.30. The molecule has 0 aromatic heterocycles. The molecule has 0 saturated carbocycles. The van der Waals surface area contributed by atoms with Gasteiger partial charge in [0, 0.05) is 12.3 Å². The van der Waals surface area contributed by atoms with E-state index in [1.807, 2.05) is 25.1 Å². The molecule has 2 nitrogen and oxygen atoms in total. The number of benzene rings is 1. The highest BCUT2D eigenvalue weighted by atomic mass is 32.2. The predicted molar refractivity (Wildman–Crippen MR) is 70.5 cm³/mol. The number of rotatable bonds is 5. The molecule has 0 unspecified atom stereocenters. The van der Waals surface area contributed by atoms with Crippen LogP contribution in [0.3, 0.4) is 0 Å². The van der Waals surface area contributed by atoms with Gasteiger partial charge in [-0.05, 0) is 18.6 Å². The van der Waals surface area contributed by atoms with Crippen molar-refractivity contribution in [2.75, 3.05) is 23.4 Å². The smallest absolute Gasteiger partial charge is 0.101 e. The van der Waals surface area contributed by atoms with Crippen molar-refractivity contribution in [3.05, 3.63) is 29.3 Å². The van der Waals surface area contributed by atoms with E-state index in [-0.39, 0.29) is 0 Å². The number of thioether (sulfide) groups is 1. The molecule has 1 aromatic carbocycles. The Hall–Kier alpha value is -1.58. The van der Waals surface area contributed by atoms with Gasteiger partial charge < -0.3 is 5.32 Å². The molecular weight excluding hydrogens is 216 g/mol. The molecule has 0 fully saturated rings. The van der Waals surface area contributed by atoms with E-state index >= 15 is 0 Å². The Bertz CT molecular complexity index is 427. The quantitative estimate of drug-likeness (QED) is 0.624. The van der Waals surface area contributed by atoms with Crippen molar-refractivity contribution in [2.45, 2.75) is 6.92 Å². The molecule has 16 heavy (non-hydrogen) atoms. The zero-order valence-electron chi connectivity index (χ0n) is 9.29. The number of para-hydroxylation sites is 1. The second kappa shape index (κ2) is 6.82. The van der Waals surface area contributed by atoms with Gasteiger partial charge in [-0.2, -0.15) is 5.26 Å². The number of nitrogens with one attached hydrogen (secondary N) is 1. The van der Waals surface area contributed by atoms with Crippen molar-refractivity contribution >= 4 is 17.4 Å². The molecule has 82 valence electrons. The number of nitrogens with zero attached hydrogens (tertiary/aromatic N) is 1. The zero-order chi connectivity index (χ0) is 11.8. The molecule has 0 aliphatic carbocycles. The Morgan fingerprint density at radius 2 is 2.31 bits per heavy atom. The highest BCUT2D eigenvalue weighted by Gasteiger charge is 2.03. The molecule has 0 bridgehead atoms. The summed E-state index contributed by atoms with van der Waals surface area (Å²) in [7, 11) is 0. The maximum absolute atomic E-state index is 8.96. The Kier molecular flexibility index (Phi) is 5.32. The van der Waals surface area contributed by atoms with E-state index in [1.165, 1.54) is 0 Å². The Balaban J connectivity index is 2.54. The molecule has 3 heteroatoms. The normalized spacial score (nSPS) is 9.19. The van der Waals surface area contributed by atoms with Crippen LogP contribution in [-0.2, 0) is 0 Å². The summed E-state index contributed by atoms with van der Waals surface area (Å²) < 4.78 is 0. The monoisotopic (exact) mass is 230 g/mol. The van der Waals surface area contributed by atoms with Crippen LogP contribution in [0.1, 0.15) is 11.1 Å². The van der Waals surface area contributed by atoms with Gasteiger partial charge in [0.2, 0.25) is 0 Å². The van der Waals surface area contributed by atoms with Crippen molar-refractivity contribution in [2.24, 2.45) is 0 Å². The van der Waals surface area contributed by atoms with Crippen molar-refractivity contribution in [3.8, 4) is 18.4 Å². The van der Waals surface area contributed by atoms with E-state index in [0.29, 0.717) is 5.56 Å². The molecule has 0 heterocycles. The molecule has 0 amide bonds. The SMILES string of the molecule is C#CCSCCNc1c(C)cccc1C#N. The summed E-state index contributed by atoms with van der Waals surface area (Å²) in [6.45, 7) is 2.82. The van der Waals surface area contributed by atoms with Crippen LogP contribution in [0, 0.1) is 30.6 Å². The van der Waals surface area contributed by atoms with E-state index < -0.39 is 0 Å². The van der Waals surface area contributed by atoms with Crippen LogP contribution in [0.5, 0.6) is 0 Å². The molecule has 1 aromatic rings. The fourth-order valence-electron chi connectivity index (χ4n) is 1.37. The number of anilines is 1. The van der Waals surface area contributed by atoms with Gasteiger partial charge >= 0.3 is 0 Å². The minimum atomic E-state index is 0.696. The summed E-state index contributed by atoms with van der Waals surface area (Å²) in [6.07, 6.45) is 5.16. The number of terminal acetylenes is 1. The first-order valence-corrected chi connectivity index (χ1v) is 6.20. The van der Waals surface area contributed by atoms with E-state index in [2.05, 4.69) is 17.3 Å². The van der Waals surface area contributed by atoms with Crippen LogP contribution < -0.4 is 5.32 Å². The van der Waals surface area contributed by atoms with Gasteiger partial charge in [-0.1, -0.05) is 18.1 Å². The molecule has 0 radical (unpaired) electrons. The highest BCUT2D eigenvalue weighted by molar-refractivity contribution is 7.99. The van der Waals surface area contributed by atoms with Crippen LogP contribution in [0.15, 0.2) is 18.2 Å². The van der Waals surface area contributed by atoms with Gasteiger partial charge in [-0.25, -0.2) is 0 Å². The van der Waals surface area contributed by atoms with Gasteiger partial charge in [-0.15, -0.1) is 18.2 Å². The molecule has 0 saturated heterocycles. The number of nitriles is 1. The number of hydrogen-bond donors (Lipinski definition) is 1. The third kappa shape index (κ3) is 3.53. The lowest BCUT2D eigenvalue weighted by molar-refractivity contribution is 1.21. The summed E-state index contributed by atoms with van der Waals surface area (Å²) in [6, 6.07) is 7.90. The second-order valence-electron chi connectivity index (χ2n) is 3.29. The first-order chi connectivity index (χ1) is 7.79. The lowest BCUT2D eigenvalue weighted by Crippen LogP contribution is -2.07. The maximum Gasteiger partial charge on any atom is 0.101 e. The largest absolute Gasteiger partial charge is 0.383 e. The second-order valence-corrected chi connectivity index (χ2v) is 4.40. The summed E-state index contributed by atoms with van der Waals surface area (Å²) >= 11 is 1.71. The predicted octanol–water partition coefficient (Wildman–Crippen LogP) is 2.65. The van der Waals surface area contributed by atoms with Crippen molar-refractivity contribution in [3.63, 3.8) is 0 Å². The van der Waals surface area contributed by atoms with Gasteiger partial charge in [0.25, 0.3) is 0 Å². The fourth-order valence-corrected chi connectivity index (χ4v) is 1.88. The van der Waals surface area contributed by atoms with Crippen molar-refractivity contribution < 1.29 is 0 Å². The minimum Gasteiger partial charge on any atom is -0.383 e. The average molecular weight is 230 g/mol. The summed E-state index contributed by atoms with van der Waals surface area (Å²) in [5.74, 6) is 4.27. The van der Waals surface area contributed by atoms with E-state index in [9.17, 15) is 0 Å². The summed E-state index contributed by atoms with van der Waals surface area (Å²) in [5, 5.41) is 12.2. The van der Waals surface area contributed by atoms with Gasteiger partial charge in [0.15, 0.2) is 0 Å². The molecule has 0 atom stereocenters. The van der Waals surface area contributed by atoms with Gasteiger partial charge in [0.05, 0.1) is 17.0 Å². The third-order valence-corrected chi connectivity index (χ3v) is 2.99. The molecule has 1 N–H and O–H groups in total. The zero-order valence-corrected chi connectivity index (χ0v) is 10.1. The van der Waals surface area contributed by atoms with Gasteiger partial charge in [-0.3, -0.25) is 0 Å². The molecular formula is C13H14N2S. The van der Waals surface area contributed by atoms with Gasteiger partial charge in [0.1, 0.15) is 6.07 Å². The van der Waals surface area contributed by atoms with Crippen LogP contribution in [0.25, 0.3) is 0 Å².